The second kappa shape index (κ2) is 3.83. The molecular formula is C7H3F2N3O3. The van der Waals surface area contributed by atoms with E-state index >= 15 is 0 Å². The largest absolute Gasteiger partial charge is 0.500 e. The zero-order chi connectivity index (χ0) is 11.6. The highest BCUT2D eigenvalue weighted by Gasteiger charge is 2.23. The first kappa shape index (κ1) is 10.8. The van der Waals surface area contributed by atoms with Crippen molar-refractivity contribution in [2.75, 3.05) is 0 Å². The molecule has 0 saturated heterocycles. The monoisotopic (exact) mass is 215 g/mol. The molecule has 1 aromatic rings. The quantitative estimate of drug-likeness (QED) is 0.595. The average Bonchev–Trinajstić information content (AvgIpc) is 2.17. The zero-order valence-corrected chi connectivity index (χ0v) is 7.02. The van der Waals surface area contributed by atoms with Gasteiger partial charge in [-0.15, -0.1) is 0 Å². The number of aromatic nitrogens is 1. The lowest BCUT2D eigenvalue weighted by molar-refractivity contribution is -0.386. The minimum absolute atomic E-state index is 0.431. The Morgan fingerprint density at radius 3 is 2.67 bits per heavy atom. The van der Waals surface area contributed by atoms with Gasteiger partial charge in [0.25, 0.3) is 6.43 Å². The van der Waals surface area contributed by atoms with Crippen molar-refractivity contribution >= 4 is 5.69 Å². The van der Waals surface area contributed by atoms with Gasteiger partial charge in [-0.05, 0) is 0 Å². The van der Waals surface area contributed by atoms with Crippen LogP contribution in [0.5, 0.6) is 5.75 Å². The average molecular weight is 215 g/mol. The van der Waals surface area contributed by atoms with Crippen LogP contribution in [0.1, 0.15) is 17.8 Å². The maximum absolute atomic E-state index is 12.2. The van der Waals surface area contributed by atoms with Gasteiger partial charge in [0.15, 0.2) is 5.69 Å². The molecule has 1 rings (SSSR count). The van der Waals surface area contributed by atoms with E-state index in [9.17, 15) is 18.9 Å². The van der Waals surface area contributed by atoms with Gasteiger partial charge in [-0.1, -0.05) is 0 Å². The summed E-state index contributed by atoms with van der Waals surface area (Å²) in [5, 5.41) is 27.8. The number of rotatable bonds is 2. The maximum Gasteiger partial charge on any atom is 0.315 e. The van der Waals surface area contributed by atoms with Crippen molar-refractivity contribution in [2.24, 2.45) is 0 Å². The van der Waals surface area contributed by atoms with Crippen molar-refractivity contribution in [3.63, 3.8) is 0 Å². The van der Waals surface area contributed by atoms with Crippen molar-refractivity contribution < 1.29 is 18.8 Å². The van der Waals surface area contributed by atoms with Crippen LogP contribution < -0.4 is 0 Å². The number of aromatic hydroxyl groups is 1. The van der Waals surface area contributed by atoms with E-state index in [0.717, 1.165) is 0 Å². The Labute approximate surface area is 81.6 Å². The molecule has 0 aliphatic carbocycles. The molecule has 0 spiro atoms. The summed E-state index contributed by atoms with van der Waals surface area (Å²) in [4.78, 5) is 12.3. The summed E-state index contributed by atoms with van der Waals surface area (Å²) in [6, 6.07) is 1.72. The highest BCUT2D eigenvalue weighted by molar-refractivity contribution is 5.53. The van der Waals surface area contributed by atoms with Gasteiger partial charge in [0.1, 0.15) is 11.8 Å². The Morgan fingerprint density at radius 2 is 2.27 bits per heavy atom. The summed E-state index contributed by atoms with van der Waals surface area (Å²) >= 11 is 0. The van der Waals surface area contributed by atoms with Crippen molar-refractivity contribution in [3.05, 3.63) is 27.6 Å². The predicted octanol–water partition coefficient (Wildman–Crippen LogP) is 1.50. The molecule has 15 heavy (non-hydrogen) atoms. The number of hydrogen-bond acceptors (Lipinski definition) is 5. The second-order valence-electron chi connectivity index (χ2n) is 2.43. The molecule has 78 valence electrons. The van der Waals surface area contributed by atoms with E-state index in [4.69, 9.17) is 10.4 Å². The molecule has 1 heterocycles. The first-order valence-corrected chi connectivity index (χ1v) is 3.54. The van der Waals surface area contributed by atoms with Crippen LogP contribution in [0.4, 0.5) is 14.5 Å². The number of pyridine rings is 1. The van der Waals surface area contributed by atoms with Gasteiger partial charge in [0, 0.05) is 6.07 Å². The Bertz CT molecular complexity index is 456. The van der Waals surface area contributed by atoms with Crippen LogP contribution in [0.15, 0.2) is 6.07 Å². The van der Waals surface area contributed by atoms with Gasteiger partial charge in [-0.2, -0.15) is 5.26 Å². The lowest BCUT2D eigenvalue weighted by Crippen LogP contribution is -1.98. The normalized spacial score (nSPS) is 10.0. The second-order valence-corrected chi connectivity index (χ2v) is 2.43. The fourth-order valence-corrected chi connectivity index (χ4v) is 0.873. The third-order valence-corrected chi connectivity index (χ3v) is 1.52. The fraction of sp³-hybridized carbons (Fsp3) is 0.143. The maximum atomic E-state index is 12.2. The summed E-state index contributed by atoms with van der Waals surface area (Å²) < 4.78 is 24.4. The molecule has 0 aliphatic rings. The van der Waals surface area contributed by atoms with E-state index in [1.807, 2.05) is 0 Å². The Balaban J connectivity index is 3.47. The van der Waals surface area contributed by atoms with Crippen LogP contribution in [0.2, 0.25) is 0 Å². The third kappa shape index (κ3) is 1.96. The Morgan fingerprint density at radius 1 is 1.67 bits per heavy atom. The number of nitrogens with zero attached hydrogens (tertiary/aromatic N) is 3. The first-order valence-electron chi connectivity index (χ1n) is 3.54. The molecule has 0 fully saturated rings. The van der Waals surface area contributed by atoms with E-state index in [2.05, 4.69) is 4.98 Å². The number of hydrogen-bond donors (Lipinski definition) is 1. The van der Waals surface area contributed by atoms with Gasteiger partial charge in [0.2, 0.25) is 5.75 Å². The standard InChI is InChI=1S/C7H3F2N3O3/c8-7(9)3-1-5(12(14)15)6(13)4(2-10)11-3/h1,7,13H. The third-order valence-electron chi connectivity index (χ3n) is 1.52. The summed E-state index contributed by atoms with van der Waals surface area (Å²) in [6.07, 6.45) is -3.05. The molecular weight excluding hydrogens is 212 g/mol. The van der Waals surface area contributed by atoms with Gasteiger partial charge < -0.3 is 5.11 Å². The van der Waals surface area contributed by atoms with Crippen LogP contribution in [-0.2, 0) is 0 Å². The fourth-order valence-electron chi connectivity index (χ4n) is 0.873. The van der Waals surface area contributed by atoms with Crippen molar-refractivity contribution in [3.8, 4) is 11.8 Å². The first-order chi connectivity index (χ1) is 6.97. The molecule has 6 nitrogen and oxygen atoms in total. The van der Waals surface area contributed by atoms with Crippen LogP contribution in [0.25, 0.3) is 0 Å². The number of halogens is 2. The van der Waals surface area contributed by atoms with Gasteiger partial charge >= 0.3 is 5.69 Å². The zero-order valence-electron chi connectivity index (χ0n) is 7.02. The highest BCUT2D eigenvalue weighted by Crippen LogP contribution is 2.31. The van der Waals surface area contributed by atoms with E-state index < -0.39 is 34.2 Å². The molecule has 0 atom stereocenters. The molecule has 0 aromatic carbocycles. The van der Waals surface area contributed by atoms with Crippen LogP contribution in [-0.4, -0.2) is 15.0 Å². The van der Waals surface area contributed by atoms with Gasteiger partial charge in [-0.25, -0.2) is 13.8 Å². The van der Waals surface area contributed by atoms with Crippen molar-refractivity contribution in [1.82, 2.24) is 4.98 Å². The Kier molecular flexibility index (Phi) is 2.75. The molecule has 0 aliphatic heterocycles. The number of alkyl halides is 2. The van der Waals surface area contributed by atoms with Crippen LogP contribution >= 0.6 is 0 Å². The summed E-state index contributed by atoms with van der Waals surface area (Å²) in [6.45, 7) is 0. The van der Waals surface area contributed by atoms with E-state index in [-0.39, 0.29) is 0 Å². The molecule has 0 unspecified atom stereocenters. The molecule has 1 N–H and O–H groups in total. The molecule has 1 aromatic heterocycles. The lowest BCUT2D eigenvalue weighted by Gasteiger charge is -2.01. The van der Waals surface area contributed by atoms with E-state index in [1.165, 1.54) is 6.07 Å². The molecule has 0 radical (unpaired) electrons. The summed E-state index contributed by atoms with van der Waals surface area (Å²) in [7, 11) is 0. The summed E-state index contributed by atoms with van der Waals surface area (Å²) in [5.41, 5.74) is -2.67. The SMILES string of the molecule is N#Cc1nc(C(F)F)cc([N+](=O)[O-])c1O. The van der Waals surface area contributed by atoms with Crippen LogP contribution in [0, 0.1) is 21.4 Å². The van der Waals surface area contributed by atoms with Gasteiger partial charge in [0.05, 0.1) is 4.92 Å². The topological polar surface area (TPSA) is 100 Å². The molecule has 0 bridgehead atoms. The van der Waals surface area contributed by atoms with E-state index in [1.54, 1.807) is 0 Å². The molecule has 0 amide bonds. The predicted molar refractivity (Wildman–Crippen MR) is 42.2 cm³/mol. The smallest absolute Gasteiger partial charge is 0.315 e. The summed E-state index contributed by atoms with van der Waals surface area (Å²) in [5.74, 6) is -1.01. The van der Waals surface area contributed by atoms with Gasteiger partial charge in [-0.3, -0.25) is 10.1 Å². The van der Waals surface area contributed by atoms with Crippen molar-refractivity contribution in [1.29, 1.82) is 5.26 Å². The Hall–Kier alpha value is -2.30. The number of nitro groups is 1. The highest BCUT2D eigenvalue weighted by atomic mass is 19.3. The minimum Gasteiger partial charge on any atom is -0.500 e. The lowest BCUT2D eigenvalue weighted by atomic mass is 10.2. The number of nitriles is 1. The van der Waals surface area contributed by atoms with Crippen LogP contribution in [0.3, 0.4) is 0 Å². The minimum atomic E-state index is -3.05. The van der Waals surface area contributed by atoms with Crippen molar-refractivity contribution in [2.45, 2.75) is 6.43 Å². The van der Waals surface area contributed by atoms with E-state index in [0.29, 0.717) is 6.07 Å². The molecule has 8 heteroatoms. The molecule has 0 saturated carbocycles.